The highest BCUT2D eigenvalue weighted by Crippen LogP contribution is 2.32. The van der Waals surface area contributed by atoms with E-state index in [0.717, 1.165) is 42.9 Å². The van der Waals surface area contributed by atoms with Crippen LogP contribution in [0.1, 0.15) is 79.2 Å². The lowest BCUT2D eigenvalue weighted by atomic mass is 10.1. The van der Waals surface area contributed by atoms with Gasteiger partial charge in [-0.1, -0.05) is 37.0 Å². The second-order valence-corrected chi connectivity index (χ2v) is 6.50. The summed E-state index contributed by atoms with van der Waals surface area (Å²) in [7, 11) is 0. The van der Waals surface area contributed by atoms with Crippen LogP contribution in [-0.4, -0.2) is 27.7 Å². The van der Waals surface area contributed by atoms with Gasteiger partial charge in [-0.2, -0.15) is 0 Å². The maximum atomic E-state index is 12.9. The third-order valence-electron chi connectivity index (χ3n) is 4.30. The first-order chi connectivity index (χ1) is 11.1. The van der Waals surface area contributed by atoms with E-state index in [0.29, 0.717) is 12.2 Å². The van der Waals surface area contributed by atoms with Crippen molar-refractivity contribution in [2.24, 2.45) is 0 Å². The number of rotatable bonds is 3. The first kappa shape index (κ1) is 15.8. The molecule has 1 atom stereocenters. The van der Waals surface area contributed by atoms with Crippen LogP contribution in [0.2, 0.25) is 0 Å². The van der Waals surface area contributed by atoms with Gasteiger partial charge < -0.3 is 13.9 Å². The van der Waals surface area contributed by atoms with Gasteiger partial charge in [0.05, 0.1) is 11.7 Å². The molecule has 3 rings (SSSR count). The fourth-order valence-electron chi connectivity index (χ4n) is 3.00. The Morgan fingerprint density at radius 2 is 2.04 bits per heavy atom. The molecule has 2 aromatic rings. The number of aryl methyl sites for hydroxylation is 1. The van der Waals surface area contributed by atoms with E-state index in [1.165, 1.54) is 0 Å². The Kier molecular flexibility index (Phi) is 4.50. The quantitative estimate of drug-likeness (QED) is 0.859. The van der Waals surface area contributed by atoms with E-state index < -0.39 is 0 Å². The van der Waals surface area contributed by atoms with Crippen LogP contribution >= 0.6 is 0 Å². The molecule has 0 aliphatic carbocycles. The van der Waals surface area contributed by atoms with E-state index >= 15 is 0 Å². The SMILES string of the molecule is Cc1cc([C@H]2CCCCCN2C(=O)c2cc(C(C)C)on2)on1. The summed E-state index contributed by atoms with van der Waals surface area (Å²) in [6, 6.07) is 3.59. The highest BCUT2D eigenvalue weighted by molar-refractivity contribution is 5.92. The van der Waals surface area contributed by atoms with Crippen LogP contribution in [0.3, 0.4) is 0 Å². The molecule has 0 spiro atoms. The zero-order valence-electron chi connectivity index (χ0n) is 13.9. The van der Waals surface area contributed by atoms with Crippen LogP contribution in [0.15, 0.2) is 21.2 Å². The Morgan fingerprint density at radius 1 is 1.22 bits per heavy atom. The number of nitrogens with zero attached hydrogens (tertiary/aromatic N) is 3. The molecule has 2 aromatic heterocycles. The van der Waals surface area contributed by atoms with Crippen LogP contribution in [0.25, 0.3) is 0 Å². The zero-order chi connectivity index (χ0) is 16.4. The molecule has 0 aromatic carbocycles. The lowest BCUT2D eigenvalue weighted by molar-refractivity contribution is 0.0640. The van der Waals surface area contributed by atoms with Gasteiger partial charge in [0.2, 0.25) is 0 Å². The first-order valence-electron chi connectivity index (χ1n) is 8.27. The van der Waals surface area contributed by atoms with Crippen molar-refractivity contribution in [2.45, 2.75) is 58.4 Å². The van der Waals surface area contributed by atoms with Crippen LogP contribution in [0, 0.1) is 6.92 Å². The van der Waals surface area contributed by atoms with Crippen LogP contribution in [0.4, 0.5) is 0 Å². The molecular formula is C17H23N3O3. The highest BCUT2D eigenvalue weighted by Gasteiger charge is 2.31. The number of hydrogen-bond acceptors (Lipinski definition) is 5. The fraction of sp³-hybridized carbons (Fsp3) is 0.588. The van der Waals surface area contributed by atoms with Gasteiger partial charge in [-0.3, -0.25) is 4.79 Å². The number of hydrogen-bond donors (Lipinski definition) is 0. The van der Waals surface area contributed by atoms with Crippen molar-refractivity contribution in [1.29, 1.82) is 0 Å². The van der Waals surface area contributed by atoms with Gasteiger partial charge in [-0.25, -0.2) is 0 Å². The summed E-state index contributed by atoms with van der Waals surface area (Å²) in [4.78, 5) is 14.8. The average Bonchev–Trinajstić information content (AvgIpc) is 3.10. The van der Waals surface area contributed by atoms with Gasteiger partial charge in [0, 0.05) is 24.6 Å². The molecule has 1 fully saturated rings. The van der Waals surface area contributed by atoms with E-state index in [9.17, 15) is 4.79 Å². The number of carbonyl (C=O) groups is 1. The van der Waals surface area contributed by atoms with Crippen molar-refractivity contribution in [3.8, 4) is 0 Å². The van der Waals surface area contributed by atoms with Gasteiger partial charge in [-0.05, 0) is 19.8 Å². The van der Waals surface area contributed by atoms with E-state index in [1.807, 2.05) is 31.7 Å². The topological polar surface area (TPSA) is 72.4 Å². The molecule has 1 amide bonds. The predicted octanol–water partition coefficient (Wildman–Crippen LogP) is 3.85. The summed E-state index contributed by atoms with van der Waals surface area (Å²) in [6.45, 7) is 6.62. The molecule has 0 radical (unpaired) electrons. The number of carbonyl (C=O) groups excluding carboxylic acids is 1. The molecule has 1 aliphatic heterocycles. The summed E-state index contributed by atoms with van der Waals surface area (Å²) in [5, 5.41) is 7.93. The minimum absolute atomic E-state index is 0.0783. The van der Waals surface area contributed by atoms with Crippen molar-refractivity contribution in [2.75, 3.05) is 6.54 Å². The Labute approximate surface area is 135 Å². The number of amides is 1. The number of aromatic nitrogens is 2. The molecule has 6 heteroatoms. The molecule has 0 bridgehead atoms. The molecule has 0 N–H and O–H groups in total. The molecule has 1 aliphatic rings. The van der Waals surface area contributed by atoms with Gasteiger partial charge >= 0.3 is 0 Å². The molecule has 1 saturated heterocycles. The molecule has 3 heterocycles. The molecule has 124 valence electrons. The minimum Gasteiger partial charge on any atom is -0.360 e. The summed E-state index contributed by atoms with van der Waals surface area (Å²) < 4.78 is 10.7. The summed E-state index contributed by atoms with van der Waals surface area (Å²) >= 11 is 0. The Bertz CT molecular complexity index is 674. The standard InChI is InChI=1S/C17H23N3O3/c1-11(2)15-10-13(19-22-15)17(21)20-8-6-4-5-7-14(20)16-9-12(3)18-23-16/h9-11,14H,4-8H2,1-3H3/t14-/m1/s1. The Morgan fingerprint density at radius 3 is 2.70 bits per heavy atom. The second kappa shape index (κ2) is 6.56. The lowest BCUT2D eigenvalue weighted by Gasteiger charge is -2.27. The smallest absolute Gasteiger partial charge is 0.276 e. The minimum atomic E-state index is -0.0957. The monoisotopic (exact) mass is 317 g/mol. The average molecular weight is 317 g/mol. The van der Waals surface area contributed by atoms with Gasteiger partial charge in [-0.15, -0.1) is 0 Å². The molecule has 0 saturated carbocycles. The largest absolute Gasteiger partial charge is 0.360 e. The van der Waals surface area contributed by atoms with Crippen LogP contribution in [-0.2, 0) is 0 Å². The molecule has 23 heavy (non-hydrogen) atoms. The molecule has 0 unspecified atom stereocenters. The van der Waals surface area contributed by atoms with E-state index in [-0.39, 0.29) is 17.9 Å². The van der Waals surface area contributed by atoms with Crippen LogP contribution in [0.5, 0.6) is 0 Å². The van der Waals surface area contributed by atoms with Crippen molar-refractivity contribution in [3.05, 3.63) is 35.0 Å². The van der Waals surface area contributed by atoms with E-state index in [2.05, 4.69) is 10.3 Å². The molecule has 6 nitrogen and oxygen atoms in total. The first-order valence-corrected chi connectivity index (χ1v) is 8.27. The van der Waals surface area contributed by atoms with Gasteiger partial charge in [0.1, 0.15) is 5.76 Å². The summed E-state index contributed by atoms with van der Waals surface area (Å²) in [6.07, 6.45) is 4.06. The van der Waals surface area contributed by atoms with Gasteiger partial charge in [0.15, 0.2) is 11.5 Å². The lowest BCUT2D eigenvalue weighted by Crippen LogP contribution is -2.34. The zero-order valence-corrected chi connectivity index (χ0v) is 13.9. The Hall–Kier alpha value is -2.11. The maximum Gasteiger partial charge on any atom is 0.276 e. The van der Waals surface area contributed by atoms with E-state index in [4.69, 9.17) is 9.05 Å². The predicted molar refractivity (Wildman–Crippen MR) is 84.1 cm³/mol. The summed E-state index contributed by atoms with van der Waals surface area (Å²) in [5.74, 6) is 1.60. The molecular weight excluding hydrogens is 294 g/mol. The summed E-state index contributed by atoms with van der Waals surface area (Å²) in [5.41, 5.74) is 1.21. The van der Waals surface area contributed by atoms with Crippen molar-refractivity contribution >= 4 is 5.91 Å². The van der Waals surface area contributed by atoms with Crippen LogP contribution < -0.4 is 0 Å². The second-order valence-electron chi connectivity index (χ2n) is 6.50. The highest BCUT2D eigenvalue weighted by atomic mass is 16.5. The third-order valence-corrected chi connectivity index (χ3v) is 4.30. The van der Waals surface area contributed by atoms with Crippen molar-refractivity contribution in [1.82, 2.24) is 15.2 Å². The van der Waals surface area contributed by atoms with Gasteiger partial charge in [0.25, 0.3) is 5.91 Å². The Balaban J connectivity index is 1.87. The van der Waals surface area contributed by atoms with Crippen molar-refractivity contribution < 1.29 is 13.8 Å². The van der Waals surface area contributed by atoms with E-state index in [1.54, 1.807) is 6.07 Å². The number of likely N-dealkylation sites (tertiary alicyclic amines) is 1. The third kappa shape index (κ3) is 3.30. The maximum absolute atomic E-state index is 12.9. The van der Waals surface area contributed by atoms with Crippen molar-refractivity contribution in [3.63, 3.8) is 0 Å². The fourth-order valence-corrected chi connectivity index (χ4v) is 3.00. The normalized spacial score (nSPS) is 19.1.